The van der Waals surface area contributed by atoms with Crippen molar-refractivity contribution in [3.8, 4) is 0 Å². The number of ether oxygens (including phenoxy) is 1. The Balaban J connectivity index is 2.56. The highest BCUT2D eigenvalue weighted by Gasteiger charge is 2.12. The van der Waals surface area contributed by atoms with E-state index in [4.69, 9.17) is 4.74 Å². The van der Waals surface area contributed by atoms with Crippen LogP contribution in [0.2, 0.25) is 0 Å². The summed E-state index contributed by atoms with van der Waals surface area (Å²) in [5.41, 5.74) is 1.26. The highest BCUT2D eigenvalue weighted by molar-refractivity contribution is 7.12. The first-order valence-electron chi connectivity index (χ1n) is 6.23. The molecule has 1 N–H and O–H groups in total. The molecule has 1 aromatic rings. The first kappa shape index (κ1) is 14.7. The number of thiophene rings is 1. The average Bonchev–Trinajstić information content (AvgIpc) is 2.52. The van der Waals surface area contributed by atoms with E-state index in [1.807, 2.05) is 11.3 Å². The summed E-state index contributed by atoms with van der Waals surface area (Å²) in [6, 6.07) is 2.80. The van der Waals surface area contributed by atoms with Gasteiger partial charge in [0.1, 0.15) is 0 Å². The molecular weight excluding hydrogens is 230 g/mol. The molecule has 3 heteroatoms. The van der Waals surface area contributed by atoms with Crippen molar-refractivity contribution >= 4 is 11.3 Å². The van der Waals surface area contributed by atoms with Gasteiger partial charge in [-0.2, -0.15) is 0 Å². The summed E-state index contributed by atoms with van der Waals surface area (Å²) in [5, 5.41) is 3.44. The third-order valence-corrected chi connectivity index (χ3v) is 3.51. The van der Waals surface area contributed by atoms with Crippen molar-refractivity contribution in [2.24, 2.45) is 0 Å². The van der Waals surface area contributed by atoms with Crippen molar-refractivity contribution < 1.29 is 4.74 Å². The van der Waals surface area contributed by atoms with Crippen LogP contribution in [0.5, 0.6) is 0 Å². The number of aryl methyl sites for hydroxylation is 1. The highest BCUT2D eigenvalue weighted by Crippen LogP contribution is 2.24. The Morgan fingerprint density at radius 1 is 1.35 bits per heavy atom. The summed E-state index contributed by atoms with van der Waals surface area (Å²) in [7, 11) is 0. The molecule has 0 aliphatic carbocycles. The van der Waals surface area contributed by atoms with Crippen molar-refractivity contribution in [3.05, 3.63) is 21.4 Å². The van der Waals surface area contributed by atoms with E-state index in [1.165, 1.54) is 15.3 Å². The Morgan fingerprint density at radius 2 is 2.00 bits per heavy atom. The predicted molar refractivity (Wildman–Crippen MR) is 75.6 cm³/mol. The molecule has 2 nitrogen and oxygen atoms in total. The SMILES string of the molecule is Cc1sc(CNC(C)C)cc1COC(C)(C)C. The minimum atomic E-state index is -0.0648. The molecule has 0 spiro atoms. The van der Waals surface area contributed by atoms with Crippen molar-refractivity contribution in [3.63, 3.8) is 0 Å². The van der Waals surface area contributed by atoms with Gasteiger partial charge in [-0.05, 0) is 39.3 Å². The second kappa shape index (κ2) is 5.98. The van der Waals surface area contributed by atoms with Crippen LogP contribution in [-0.2, 0) is 17.9 Å². The minimum Gasteiger partial charge on any atom is -0.371 e. The smallest absolute Gasteiger partial charge is 0.0734 e. The van der Waals surface area contributed by atoms with Gasteiger partial charge < -0.3 is 10.1 Å². The summed E-state index contributed by atoms with van der Waals surface area (Å²) in [5.74, 6) is 0. The fraction of sp³-hybridized carbons (Fsp3) is 0.714. The van der Waals surface area contributed by atoms with Gasteiger partial charge in [0.2, 0.25) is 0 Å². The van der Waals surface area contributed by atoms with E-state index in [1.54, 1.807) is 0 Å². The molecule has 0 aliphatic rings. The van der Waals surface area contributed by atoms with E-state index >= 15 is 0 Å². The molecule has 0 saturated heterocycles. The predicted octanol–water partition coefficient (Wildman–Crippen LogP) is 3.87. The van der Waals surface area contributed by atoms with E-state index in [-0.39, 0.29) is 5.60 Å². The van der Waals surface area contributed by atoms with Crippen LogP contribution in [0.3, 0.4) is 0 Å². The lowest BCUT2D eigenvalue weighted by Gasteiger charge is -2.19. The minimum absolute atomic E-state index is 0.0648. The van der Waals surface area contributed by atoms with Gasteiger partial charge in [-0.3, -0.25) is 0 Å². The molecule has 0 fully saturated rings. The zero-order chi connectivity index (χ0) is 13.1. The van der Waals surface area contributed by atoms with Crippen LogP contribution in [0.15, 0.2) is 6.07 Å². The van der Waals surface area contributed by atoms with Gasteiger partial charge in [-0.1, -0.05) is 13.8 Å². The lowest BCUT2D eigenvalue weighted by Crippen LogP contribution is -2.21. The monoisotopic (exact) mass is 255 g/mol. The van der Waals surface area contributed by atoms with E-state index in [0.29, 0.717) is 12.6 Å². The second-order valence-corrected chi connectivity index (χ2v) is 7.07. The Morgan fingerprint density at radius 3 is 2.53 bits per heavy atom. The molecule has 0 saturated carbocycles. The number of nitrogens with one attached hydrogen (secondary N) is 1. The maximum absolute atomic E-state index is 5.82. The number of hydrogen-bond acceptors (Lipinski definition) is 3. The normalized spacial score (nSPS) is 12.4. The van der Waals surface area contributed by atoms with Crippen molar-refractivity contribution in [2.75, 3.05) is 0 Å². The van der Waals surface area contributed by atoms with Crippen LogP contribution >= 0.6 is 11.3 Å². The average molecular weight is 255 g/mol. The third kappa shape index (κ3) is 5.66. The second-order valence-electron chi connectivity index (χ2n) is 5.73. The molecule has 1 aromatic heterocycles. The van der Waals surface area contributed by atoms with E-state index in [9.17, 15) is 0 Å². The molecule has 17 heavy (non-hydrogen) atoms. The maximum atomic E-state index is 5.82. The van der Waals surface area contributed by atoms with E-state index in [2.05, 4.69) is 52.9 Å². The summed E-state index contributed by atoms with van der Waals surface area (Å²) in [6.07, 6.45) is 0. The third-order valence-electron chi connectivity index (χ3n) is 2.42. The maximum Gasteiger partial charge on any atom is 0.0734 e. The van der Waals surface area contributed by atoms with Gasteiger partial charge >= 0.3 is 0 Å². The van der Waals surface area contributed by atoms with Gasteiger partial charge in [0.05, 0.1) is 12.2 Å². The summed E-state index contributed by atoms with van der Waals surface area (Å²) < 4.78 is 5.82. The molecule has 0 unspecified atom stereocenters. The zero-order valence-electron chi connectivity index (χ0n) is 11.9. The van der Waals surface area contributed by atoms with Gasteiger partial charge in [-0.25, -0.2) is 0 Å². The van der Waals surface area contributed by atoms with Crippen LogP contribution in [0.25, 0.3) is 0 Å². The molecule has 0 radical (unpaired) electrons. The molecule has 0 bridgehead atoms. The molecule has 0 aliphatic heterocycles. The molecule has 0 aromatic carbocycles. The highest BCUT2D eigenvalue weighted by atomic mass is 32.1. The summed E-state index contributed by atoms with van der Waals surface area (Å²) >= 11 is 1.86. The summed E-state index contributed by atoms with van der Waals surface area (Å²) in [4.78, 5) is 2.76. The van der Waals surface area contributed by atoms with Crippen LogP contribution in [-0.4, -0.2) is 11.6 Å². The first-order valence-corrected chi connectivity index (χ1v) is 7.05. The van der Waals surface area contributed by atoms with Crippen molar-refractivity contribution in [1.82, 2.24) is 5.32 Å². The van der Waals surface area contributed by atoms with Gasteiger partial charge in [0.15, 0.2) is 0 Å². The quantitative estimate of drug-likeness (QED) is 0.862. The standard InChI is InChI=1S/C14H25NOS/c1-10(2)15-8-13-7-12(11(3)17-13)9-16-14(4,5)6/h7,10,15H,8-9H2,1-6H3. The van der Waals surface area contributed by atoms with Crippen molar-refractivity contribution in [2.45, 2.75) is 66.3 Å². The van der Waals surface area contributed by atoms with Gasteiger partial charge in [0.25, 0.3) is 0 Å². The van der Waals surface area contributed by atoms with Gasteiger partial charge in [-0.15, -0.1) is 11.3 Å². The molecule has 0 amide bonds. The van der Waals surface area contributed by atoms with Crippen LogP contribution in [0.4, 0.5) is 0 Å². The Labute approximate surface area is 109 Å². The first-order chi connectivity index (χ1) is 7.78. The lowest BCUT2D eigenvalue weighted by molar-refractivity contribution is -0.0150. The van der Waals surface area contributed by atoms with Crippen LogP contribution in [0, 0.1) is 6.92 Å². The topological polar surface area (TPSA) is 21.3 Å². The Bertz CT molecular complexity index is 350. The fourth-order valence-corrected chi connectivity index (χ4v) is 2.42. The molecule has 1 rings (SSSR count). The molecule has 1 heterocycles. The largest absolute Gasteiger partial charge is 0.371 e. The van der Waals surface area contributed by atoms with Crippen molar-refractivity contribution in [1.29, 1.82) is 0 Å². The number of rotatable bonds is 5. The molecular formula is C14H25NOS. The Kier molecular flexibility index (Phi) is 5.17. The number of hydrogen-bond donors (Lipinski definition) is 1. The van der Waals surface area contributed by atoms with E-state index in [0.717, 1.165) is 6.54 Å². The van der Waals surface area contributed by atoms with Crippen LogP contribution in [0.1, 0.15) is 49.9 Å². The summed E-state index contributed by atoms with van der Waals surface area (Å²) in [6.45, 7) is 14.5. The van der Waals surface area contributed by atoms with Gasteiger partial charge in [0, 0.05) is 22.3 Å². The Hall–Kier alpha value is -0.380. The zero-order valence-corrected chi connectivity index (χ0v) is 12.7. The lowest BCUT2D eigenvalue weighted by atomic mass is 10.2. The molecule has 98 valence electrons. The van der Waals surface area contributed by atoms with Crippen LogP contribution < -0.4 is 5.32 Å². The fourth-order valence-electron chi connectivity index (χ4n) is 1.42. The van der Waals surface area contributed by atoms with E-state index < -0.39 is 0 Å². The molecule has 0 atom stereocenters.